The van der Waals surface area contributed by atoms with Gasteiger partial charge in [0, 0.05) is 36.4 Å². The summed E-state index contributed by atoms with van der Waals surface area (Å²) in [5, 5.41) is 22.1. The number of amides is 2. The van der Waals surface area contributed by atoms with Gasteiger partial charge in [-0.3, -0.25) is 9.59 Å². The first-order valence-corrected chi connectivity index (χ1v) is 8.37. The molecule has 2 rings (SSSR count). The standard InChI is InChI=1S/C16H18Cl2N2O5/c1-8(21)20-7-9(22)5-14(20)15(23)19-13(16(24)25)6-10-11(17)3-2-4-12(10)18/h2-4,9,13-14,22H,5-7H2,1H3,(H,19,23)(H,24,25)/t9-,13-,14+/m1/s1. The van der Waals surface area contributed by atoms with E-state index in [4.69, 9.17) is 23.2 Å². The molecule has 3 atom stereocenters. The molecule has 9 heteroatoms. The zero-order valence-electron chi connectivity index (χ0n) is 13.4. The molecule has 1 saturated heterocycles. The van der Waals surface area contributed by atoms with Gasteiger partial charge in [-0.05, 0) is 17.7 Å². The number of rotatable bonds is 5. The van der Waals surface area contributed by atoms with Crippen LogP contribution >= 0.6 is 23.2 Å². The topological polar surface area (TPSA) is 107 Å². The Balaban J connectivity index is 2.15. The van der Waals surface area contributed by atoms with Crippen molar-refractivity contribution in [2.24, 2.45) is 0 Å². The molecule has 1 aliphatic rings. The smallest absolute Gasteiger partial charge is 0.326 e. The van der Waals surface area contributed by atoms with Crippen molar-refractivity contribution in [3.05, 3.63) is 33.8 Å². The molecule has 1 aliphatic heterocycles. The fourth-order valence-electron chi connectivity index (χ4n) is 2.81. The molecule has 0 saturated carbocycles. The maximum atomic E-state index is 12.4. The van der Waals surface area contributed by atoms with Crippen LogP contribution in [0.1, 0.15) is 18.9 Å². The van der Waals surface area contributed by atoms with Crippen LogP contribution in [0.3, 0.4) is 0 Å². The van der Waals surface area contributed by atoms with Gasteiger partial charge in [-0.25, -0.2) is 4.79 Å². The zero-order chi connectivity index (χ0) is 18.7. The van der Waals surface area contributed by atoms with Gasteiger partial charge in [0.05, 0.1) is 6.10 Å². The maximum absolute atomic E-state index is 12.4. The fourth-order valence-corrected chi connectivity index (χ4v) is 3.36. The number of carbonyl (C=O) groups is 3. The van der Waals surface area contributed by atoms with E-state index in [2.05, 4.69) is 5.32 Å². The SMILES string of the molecule is CC(=O)N1C[C@H](O)C[C@H]1C(=O)N[C@H](Cc1c(Cl)cccc1Cl)C(=O)O. The molecule has 3 N–H and O–H groups in total. The number of carbonyl (C=O) groups excluding carboxylic acids is 2. The zero-order valence-corrected chi connectivity index (χ0v) is 14.9. The lowest BCUT2D eigenvalue weighted by Gasteiger charge is -2.24. The number of aliphatic hydroxyl groups is 1. The van der Waals surface area contributed by atoms with Gasteiger partial charge < -0.3 is 20.4 Å². The van der Waals surface area contributed by atoms with Crippen LogP contribution < -0.4 is 5.32 Å². The van der Waals surface area contributed by atoms with Crippen LogP contribution in [0.15, 0.2) is 18.2 Å². The quantitative estimate of drug-likeness (QED) is 0.699. The summed E-state index contributed by atoms with van der Waals surface area (Å²) >= 11 is 12.1. The minimum absolute atomic E-state index is 0.0432. The maximum Gasteiger partial charge on any atom is 0.326 e. The third-order valence-corrected chi connectivity index (χ3v) is 4.78. The first-order valence-electron chi connectivity index (χ1n) is 7.62. The van der Waals surface area contributed by atoms with Gasteiger partial charge in [0.25, 0.3) is 0 Å². The van der Waals surface area contributed by atoms with E-state index in [-0.39, 0.29) is 25.3 Å². The highest BCUT2D eigenvalue weighted by Gasteiger charge is 2.38. The van der Waals surface area contributed by atoms with Crippen LogP contribution in [0.4, 0.5) is 0 Å². The molecule has 25 heavy (non-hydrogen) atoms. The average molecular weight is 389 g/mol. The van der Waals surface area contributed by atoms with E-state index in [9.17, 15) is 24.6 Å². The van der Waals surface area contributed by atoms with Crippen molar-refractivity contribution in [3.8, 4) is 0 Å². The second-order valence-corrected chi connectivity index (χ2v) is 6.69. The summed E-state index contributed by atoms with van der Waals surface area (Å²) in [7, 11) is 0. The summed E-state index contributed by atoms with van der Waals surface area (Å²) in [6, 6.07) is 2.61. The van der Waals surface area contributed by atoms with Crippen LogP contribution in [0, 0.1) is 0 Å². The molecular formula is C16H18Cl2N2O5. The normalized spacial score (nSPS) is 21.0. The lowest BCUT2D eigenvalue weighted by molar-refractivity contribution is -0.143. The number of nitrogens with one attached hydrogen (secondary N) is 1. The Labute approximate surface area is 154 Å². The predicted octanol–water partition coefficient (Wildman–Crippen LogP) is 1.09. The molecule has 1 fully saturated rings. The van der Waals surface area contributed by atoms with Gasteiger partial charge in [0.1, 0.15) is 12.1 Å². The monoisotopic (exact) mass is 388 g/mol. The fraction of sp³-hybridized carbons (Fsp3) is 0.438. The number of aliphatic hydroxyl groups excluding tert-OH is 1. The number of carboxylic acids is 1. The van der Waals surface area contributed by atoms with Gasteiger partial charge in [-0.1, -0.05) is 29.3 Å². The van der Waals surface area contributed by atoms with Crippen LogP contribution in [0.25, 0.3) is 0 Å². The van der Waals surface area contributed by atoms with Crippen molar-refractivity contribution in [2.75, 3.05) is 6.54 Å². The number of hydrogen-bond donors (Lipinski definition) is 3. The number of carboxylic acid groups (broad SMARTS) is 1. The number of halogens is 2. The molecule has 0 spiro atoms. The Kier molecular flexibility index (Phi) is 6.26. The second kappa shape index (κ2) is 8.03. The van der Waals surface area contributed by atoms with Crippen LogP contribution in [-0.2, 0) is 20.8 Å². The molecule has 0 bridgehead atoms. The van der Waals surface area contributed by atoms with Crippen molar-refractivity contribution in [3.63, 3.8) is 0 Å². The van der Waals surface area contributed by atoms with Gasteiger partial charge in [0.15, 0.2) is 0 Å². The molecule has 0 aliphatic carbocycles. The summed E-state index contributed by atoms with van der Waals surface area (Å²) in [5.74, 6) is -2.25. The Morgan fingerprint density at radius 2 is 1.92 bits per heavy atom. The highest BCUT2D eigenvalue weighted by atomic mass is 35.5. The number of benzene rings is 1. The van der Waals surface area contributed by atoms with E-state index in [0.717, 1.165) is 0 Å². The van der Waals surface area contributed by atoms with Gasteiger partial charge in [-0.15, -0.1) is 0 Å². The first-order chi connectivity index (χ1) is 11.7. The Morgan fingerprint density at radius 3 is 2.44 bits per heavy atom. The summed E-state index contributed by atoms with van der Waals surface area (Å²) in [4.78, 5) is 36.8. The molecule has 1 aromatic carbocycles. The number of β-amino-alcohol motifs (C(OH)–C–C–N with tert-alkyl or cyclic N) is 1. The van der Waals surface area contributed by atoms with E-state index < -0.39 is 30.1 Å². The Morgan fingerprint density at radius 1 is 1.32 bits per heavy atom. The predicted molar refractivity (Wildman–Crippen MR) is 91.5 cm³/mol. The van der Waals surface area contributed by atoms with Crippen LogP contribution in [0.2, 0.25) is 10.0 Å². The van der Waals surface area contributed by atoms with Crippen molar-refractivity contribution < 1.29 is 24.6 Å². The van der Waals surface area contributed by atoms with Crippen molar-refractivity contribution in [1.82, 2.24) is 10.2 Å². The molecule has 7 nitrogen and oxygen atoms in total. The molecule has 1 aromatic rings. The van der Waals surface area contributed by atoms with Gasteiger partial charge >= 0.3 is 5.97 Å². The molecule has 136 valence electrons. The van der Waals surface area contributed by atoms with E-state index in [1.807, 2.05) is 0 Å². The average Bonchev–Trinajstić information content (AvgIpc) is 2.92. The third kappa shape index (κ3) is 4.62. The summed E-state index contributed by atoms with van der Waals surface area (Å²) in [6.45, 7) is 1.33. The van der Waals surface area contributed by atoms with Crippen LogP contribution in [-0.4, -0.2) is 57.6 Å². The first kappa shape index (κ1) is 19.5. The Bertz CT molecular complexity index is 677. The lowest BCUT2D eigenvalue weighted by Crippen LogP contribution is -2.51. The Hall–Kier alpha value is -1.83. The summed E-state index contributed by atoms with van der Waals surface area (Å²) in [6.07, 6.45) is -0.861. The summed E-state index contributed by atoms with van der Waals surface area (Å²) in [5.41, 5.74) is 0.411. The van der Waals surface area contributed by atoms with Gasteiger partial charge in [-0.2, -0.15) is 0 Å². The van der Waals surface area contributed by atoms with E-state index in [1.165, 1.54) is 11.8 Å². The highest BCUT2D eigenvalue weighted by Crippen LogP contribution is 2.26. The minimum atomic E-state index is -1.27. The third-order valence-electron chi connectivity index (χ3n) is 4.07. The molecule has 0 radical (unpaired) electrons. The van der Waals surface area contributed by atoms with E-state index in [0.29, 0.717) is 15.6 Å². The van der Waals surface area contributed by atoms with Crippen LogP contribution in [0.5, 0.6) is 0 Å². The lowest BCUT2D eigenvalue weighted by atomic mass is 10.0. The second-order valence-electron chi connectivity index (χ2n) is 5.88. The van der Waals surface area contributed by atoms with Gasteiger partial charge in [0.2, 0.25) is 11.8 Å². The molecule has 2 amide bonds. The number of hydrogen-bond acceptors (Lipinski definition) is 4. The minimum Gasteiger partial charge on any atom is -0.480 e. The molecule has 0 unspecified atom stereocenters. The van der Waals surface area contributed by atoms with E-state index >= 15 is 0 Å². The molecular weight excluding hydrogens is 371 g/mol. The number of likely N-dealkylation sites (tertiary alicyclic amines) is 1. The summed E-state index contributed by atoms with van der Waals surface area (Å²) < 4.78 is 0. The van der Waals surface area contributed by atoms with Crippen molar-refractivity contribution in [1.29, 1.82) is 0 Å². The number of aliphatic carboxylic acids is 1. The molecule has 0 aromatic heterocycles. The van der Waals surface area contributed by atoms with Crippen molar-refractivity contribution >= 4 is 41.0 Å². The largest absolute Gasteiger partial charge is 0.480 e. The molecule has 1 heterocycles. The highest BCUT2D eigenvalue weighted by molar-refractivity contribution is 6.36. The van der Waals surface area contributed by atoms with E-state index in [1.54, 1.807) is 18.2 Å². The number of nitrogens with zero attached hydrogens (tertiary/aromatic N) is 1. The van der Waals surface area contributed by atoms with Crippen molar-refractivity contribution in [2.45, 2.75) is 38.0 Å².